The molecule has 1 heterocycles. The Morgan fingerprint density at radius 1 is 1.80 bits per heavy atom. The summed E-state index contributed by atoms with van der Waals surface area (Å²) in [7, 11) is 0. The lowest BCUT2D eigenvalue weighted by molar-refractivity contribution is 0.975. The van der Waals surface area contributed by atoms with Gasteiger partial charge in [-0.2, -0.15) is 5.10 Å². The Morgan fingerprint density at radius 3 is 3.30 bits per heavy atom. The lowest BCUT2D eigenvalue weighted by Gasteiger charge is -1.86. The van der Waals surface area contributed by atoms with Gasteiger partial charge in [0.1, 0.15) is 6.33 Å². The van der Waals surface area contributed by atoms with Crippen LogP contribution in [0.25, 0.3) is 0 Å². The predicted molar refractivity (Wildman–Crippen MR) is 42.1 cm³/mol. The maximum atomic E-state index is 5.30. The van der Waals surface area contributed by atoms with Gasteiger partial charge in [-0.1, -0.05) is 29.4 Å². The fraction of sp³-hybridized carbons (Fsp3) is 0.200. The molecule has 0 atom stereocenters. The molecule has 0 aliphatic rings. The number of rotatable bonds is 3. The van der Waals surface area contributed by atoms with E-state index >= 15 is 0 Å². The van der Waals surface area contributed by atoms with Crippen molar-refractivity contribution in [3.05, 3.63) is 17.9 Å². The quantitative estimate of drug-likeness (QED) is 0.711. The van der Waals surface area contributed by atoms with Gasteiger partial charge in [0.2, 0.25) is 0 Å². The number of hydrogen-bond acceptors (Lipinski definition) is 3. The standard InChI is InChI=1S/C5H6ClN3S/c6-2-1-3-10-5-7-4-8-9-5/h1-2,4H,3H2,(H,7,8,9)/b2-1+. The molecule has 0 aromatic carbocycles. The molecule has 5 heteroatoms. The fourth-order valence-corrected chi connectivity index (χ4v) is 1.21. The Morgan fingerprint density at radius 2 is 2.70 bits per heavy atom. The average Bonchev–Trinajstić information content (AvgIpc) is 2.41. The highest BCUT2D eigenvalue weighted by atomic mass is 35.5. The molecule has 0 saturated heterocycles. The second-order valence-corrected chi connectivity index (χ2v) is 2.72. The fourth-order valence-electron chi connectivity index (χ4n) is 0.427. The van der Waals surface area contributed by atoms with Crippen molar-refractivity contribution in [3.63, 3.8) is 0 Å². The van der Waals surface area contributed by atoms with Gasteiger partial charge >= 0.3 is 0 Å². The van der Waals surface area contributed by atoms with Crippen LogP contribution in [-0.2, 0) is 0 Å². The molecule has 1 rings (SSSR count). The zero-order chi connectivity index (χ0) is 7.23. The van der Waals surface area contributed by atoms with Crippen molar-refractivity contribution in [2.75, 3.05) is 5.75 Å². The summed E-state index contributed by atoms with van der Waals surface area (Å²) in [6.07, 6.45) is 3.32. The number of halogens is 1. The summed E-state index contributed by atoms with van der Waals surface area (Å²) >= 11 is 6.85. The van der Waals surface area contributed by atoms with Crippen LogP contribution in [0.3, 0.4) is 0 Å². The molecule has 0 aliphatic heterocycles. The summed E-state index contributed by atoms with van der Waals surface area (Å²) in [5.74, 6) is 0.818. The van der Waals surface area contributed by atoms with Crippen molar-refractivity contribution >= 4 is 23.4 Å². The van der Waals surface area contributed by atoms with Crippen LogP contribution in [0.15, 0.2) is 23.1 Å². The molecule has 1 N–H and O–H groups in total. The SMILES string of the molecule is Cl/C=C/CSc1ncn[nH]1. The first-order valence-electron chi connectivity index (χ1n) is 2.67. The lowest BCUT2D eigenvalue weighted by Crippen LogP contribution is -1.75. The number of nitrogens with one attached hydrogen (secondary N) is 1. The molecule has 0 spiro atoms. The largest absolute Gasteiger partial charge is 0.254 e. The van der Waals surface area contributed by atoms with Gasteiger partial charge in [0.05, 0.1) is 0 Å². The van der Waals surface area contributed by atoms with Crippen LogP contribution < -0.4 is 0 Å². The highest BCUT2D eigenvalue weighted by Gasteiger charge is 1.91. The van der Waals surface area contributed by atoms with Crippen molar-refractivity contribution in [2.45, 2.75) is 5.16 Å². The zero-order valence-corrected chi connectivity index (χ0v) is 6.69. The van der Waals surface area contributed by atoms with Crippen LogP contribution in [-0.4, -0.2) is 20.9 Å². The van der Waals surface area contributed by atoms with Crippen molar-refractivity contribution in [1.29, 1.82) is 0 Å². The Kier molecular flexibility index (Phi) is 3.32. The van der Waals surface area contributed by atoms with Crippen LogP contribution in [0.5, 0.6) is 0 Å². The van der Waals surface area contributed by atoms with Crippen molar-refractivity contribution < 1.29 is 0 Å². The highest BCUT2D eigenvalue weighted by molar-refractivity contribution is 7.99. The van der Waals surface area contributed by atoms with E-state index < -0.39 is 0 Å². The van der Waals surface area contributed by atoms with E-state index in [1.54, 1.807) is 11.8 Å². The summed E-state index contributed by atoms with van der Waals surface area (Å²) in [5.41, 5.74) is 1.49. The van der Waals surface area contributed by atoms with Gasteiger partial charge in [-0.3, -0.25) is 5.10 Å². The molecule has 1 aromatic heterocycles. The van der Waals surface area contributed by atoms with E-state index in [-0.39, 0.29) is 0 Å². The third kappa shape index (κ3) is 2.41. The van der Waals surface area contributed by atoms with E-state index in [0.717, 1.165) is 10.9 Å². The Labute approximate surface area is 67.9 Å². The number of nitrogens with zero attached hydrogens (tertiary/aromatic N) is 2. The number of aromatic nitrogens is 3. The van der Waals surface area contributed by atoms with Crippen LogP contribution >= 0.6 is 23.4 Å². The van der Waals surface area contributed by atoms with Gasteiger partial charge in [-0.25, -0.2) is 4.98 Å². The van der Waals surface area contributed by atoms with Crippen molar-refractivity contribution in [2.24, 2.45) is 0 Å². The summed E-state index contributed by atoms with van der Waals surface area (Å²) in [4.78, 5) is 3.91. The molecule has 0 radical (unpaired) electrons. The van der Waals surface area contributed by atoms with Crippen molar-refractivity contribution in [1.82, 2.24) is 15.2 Å². The second-order valence-electron chi connectivity index (χ2n) is 1.46. The predicted octanol–water partition coefficient (Wildman–Crippen LogP) is 1.65. The van der Waals surface area contributed by atoms with E-state index in [1.807, 2.05) is 6.08 Å². The first-order valence-corrected chi connectivity index (χ1v) is 4.09. The molecule has 0 fully saturated rings. The molecule has 1 aromatic rings. The second kappa shape index (κ2) is 4.35. The lowest BCUT2D eigenvalue weighted by atomic mass is 10.8. The Balaban J connectivity index is 2.28. The highest BCUT2D eigenvalue weighted by Crippen LogP contribution is 2.09. The molecule has 0 saturated carbocycles. The summed E-state index contributed by atoms with van der Waals surface area (Å²) < 4.78 is 0. The molecular formula is C5H6ClN3S. The van der Waals surface area contributed by atoms with E-state index in [2.05, 4.69) is 15.2 Å². The third-order valence-corrected chi connectivity index (χ3v) is 1.81. The van der Waals surface area contributed by atoms with Gasteiger partial charge in [-0.05, 0) is 0 Å². The van der Waals surface area contributed by atoms with Crippen LogP contribution in [0.4, 0.5) is 0 Å². The monoisotopic (exact) mass is 175 g/mol. The first-order chi connectivity index (χ1) is 4.93. The Bertz CT molecular complexity index is 197. The number of hydrogen-bond donors (Lipinski definition) is 1. The summed E-state index contributed by atoms with van der Waals surface area (Å²) in [5, 5.41) is 7.22. The van der Waals surface area contributed by atoms with Gasteiger partial charge < -0.3 is 0 Å². The third-order valence-electron chi connectivity index (χ3n) is 0.798. The molecular weight excluding hydrogens is 170 g/mol. The molecule has 0 aliphatic carbocycles. The van der Waals surface area contributed by atoms with E-state index in [4.69, 9.17) is 11.6 Å². The normalized spacial score (nSPS) is 10.9. The number of thioether (sulfide) groups is 1. The summed E-state index contributed by atoms with van der Waals surface area (Å²) in [6, 6.07) is 0. The summed E-state index contributed by atoms with van der Waals surface area (Å²) in [6.45, 7) is 0. The minimum absolute atomic E-state index is 0.815. The smallest absolute Gasteiger partial charge is 0.183 e. The zero-order valence-electron chi connectivity index (χ0n) is 5.12. The van der Waals surface area contributed by atoms with Gasteiger partial charge in [-0.15, -0.1) is 0 Å². The van der Waals surface area contributed by atoms with Gasteiger partial charge in [0.15, 0.2) is 5.16 Å². The maximum absolute atomic E-state index is 5.30. The molecule has 0 amide bonds. The molecule has 0 bridgehead atoms. The van der Waals surface area contributed by atoms with Gasteiger partial charge in [0, 0.05) is 11.3 Å². The maximum Gasteiger partial charge on any atom is 0.183 e. The topological polar surface area (TPSA) is 41.6 Å². The van der Waals surface area contributed by atoms with Crippen LogP contribution in [0, 0.1) is 0 Å². The number of aromatic amines is 1. The van der Waals surface area contributed by atoms with Gasteiger partial charge in [0.25, 0.3) is 0 Å². The first kappa shape index (κ1) is 7.63. The number of H-pyrrole nitrogens is 1. The van der Waals surface area contributed by atoms with Crippen LogP contribution in [0.2, 0.25) is 0 Å². The average molecular weight is 176 g/mol. The van der Waals surface area contributed by atoms with E-state index in [0.29, 0.717) is 0 Å². The minimum atomic E-state index is 0.815. The molecule has 0 unspecified atom stereocenters. The van der Waals surface area contributed by atoms with Crippen LogP contribution in [0.1, 0.15) is 0 Å². The molecule has 54 valence electrons. The minimum Gasteiger partial charge on any atom is -0.254 e. The van der Waals surface area contributed by atoms with Crippen molar-refractivity contribution in [3.8, 4) is 0 Å². The van der Waals surface area contributed by atoms with E-state index in [1.165, 1.54) is 11.9 Å². The molecule has 10 heavy (non-hydrogen) atoms. The molecule has 3 nitrogen and oxygen atoms in total. The van der Waals surface area contributed by atoms with E-state index in [9.17, 15) is 0 Å². The Hall–Kier alpha value is -0.480.